The van der Waals surface area contributed by atoms with Gasteiger partial charge in [0.25, 0.3) is 5.91 Å². The van der Waals surface area contributed by atoms with E-state index < -0.39 is 23.5 Å². The fourth-order valence-electron chi connectivity index (χ4n) is 2.80. The smallest absolute Gasteiger partial charge is 0.348 e. The lowest BCUT2D eigenvalue weighted by molar-refractivity contribution is -0.140. The van der Waals surface area contributed by atoms with Gasteiger partial charge in [-0.2, -0.15) is 13.2 Å². The van der Waals surface area contributed by atoms with Crippen molar-refractivity contribution in [2.45, 2.75) is 19.6 Å². The van der Waals surface area contributed by atoms with Gasteiger partial charge in [-0.05, 0) is 23.8 Å². The molecular formula is C19H14F4N2O2. The summed E-state index contributed by atoms with van der Waals surface area (Å²) < 4.78 is 53.0. The molecule has 140 valence electrons. The van der Waals surface area contributed by atoms with Crippen LogP contribution in [0.4, 0.5) is 17.6 Å². The predicted octanol–water partition coefficient (Wildman–Crippen LogP) is 4.39. The number of hydrogen-bond acceptors (Lipinski definition) is 2. The molecule has 2 aromatic carbocycles. The monoisotopic (exact) mass is 378 g/mol. The van der Waals surface area contributed by atoms with Gasteiger partial charge in [0.2, 0.25) is 5.91 Å². The van der Waals surface area contributed by atoms with E-state index in [9.17, 15) is 27.2 Å². The highest BCUT2D eigenvalue weighted by Gasteiger charge is 2.34. The summed E-state index contributed by atoms with van der Waals surface area (Å²) in [5.74, 6) is -2.20. The number of amides is 1. The summed E-state index contributed by atoms with van der Waals surface area (Å²) in [5.41, 5.74) is -0.509. The summed E-state index contributed by atoms with van der Waals surface area (Å²) in [6.07, 6.45) is -3.44. The zero-order chi connectivity index (χ0) is 19.8. The van der Waals surface area contributed by atoms with Crippen LogP contribution in [-0.2, 0) is 12.7 Å². The van der Waals surface area contributed by atoms with E-state index in [2.05, 4.69) is 5.32 Å². The van der Waals surface area contributed by atoms with Gasteiger partial charge in [-0.1, -0.05) is 24.3 Å². The molecule has 0 fully saturated rings. The molecule has 0 atom stereocenters. The first-order valence-electron chi connectivity index (χ1n) is 7.93. The molecule has 0 saturated heterocycles. The fraction of sp³-hybridized carbons (Fsp3) is 0.158. The molecule has 0 aliphatic heterocycles. The van der Waals surface area contributed by atoms with Crippen molar-refractivity contribution >= 4 is 22.7 Å². The molecule has 0 bridgehead atoms. The van der Waals surface area contributed by atoms with Gasteiger partial charge in [-0.15, -0.1) is 0 Å². The van der Waals surface area contributed by atoms with Crippen LogP contribution in [0.15, 0.2) is 48.7 Å². The molecule has 0 aliphatic rings. The van der Waals surface area contributed by atoms with Gasteiger partial charge in [-0.3, -0.25) is 14.2 Å². The van der Waals surface area contributed by atoms with E-state index in [1.165, 1.54) is 23.8 Å². The molecule has 1 amide bonds. The van der Waals surface area contributed by atoms with Crippen LogP contribution in [0.2, 0.25) is 0 Å². The Morgan fingerprint density at radius 1 is 1.11 bits per heavy atom. The average molecular weight is 378 g/mol. The number of carbonyl (C=O) groups excluding carboxylic acids is 2. The third-order valence-corrected chi connectivity index (χ3v) is 4.09. The number of benzene rings is 2. The zero-order valence-corrected chi connectivity index (χ0v) is 14.1. The molecule has 0 aliphatic carbocycles. The summed E-state index contributed by atoms with van der Waals surface area (Å²) in [7, 11) is 0. The van der Waals surface area contributed by atoms with Crippen molar-refractivity contribution in [2.24, 2.45) is 0 Å². The molecule has 0 radical (unpaired) electrons. The number of nitrogens with one attached hydrogen (secondary N) is 1. The van der Waals surface area contributed by atoms with Crippen molar-refractivity contribution < 1.29 is 27.2 Å². The molecule has 1 heterocycles. The Morgan fingerprint density at radius 2 is 1.81 bits per heavy atom. The van der Waals surface area contributed by atoms with Crippen molar-refractivity contribution in [3.63, 3.8) is 0 Å². The first-order valence-corrected chi connectivity index (χ1v) is 7.93. The van der Waals surface area contributed by atoms with Gasteiger partial charge in [0.1, 0.15) is 5.82 Å². The van der Waals surface area contributed by atoms with Crippen LogP contribution in [0.5, 0.6) is 0 Å². The Bertz CT molecular complexity index is 1040. The number of hydrogen-bond donors (Lipinski definition) is 1. The minimum Gasteiger partial charge on any atom is -0.348 e. The summed E-state index contributed by atoms with van der Waals surface area (Å²) in [5, 5.41) is 3.05. The van der Waals surface area contributed by atoms with E-state index in [1.54, 1.807) is 24.3 Å². The van der Waals surface area contributed by atoms with E-state index in [-0.39, 0.29) is 23.6 Å². The van der Waals surface area contributed by atoms with Gasteiger partial charge in [0, 0.05) is 25.1 Å². The highest BCUT2D eigenvalue weighted by atomic mass is 19.4. The molecule has 8 heteroatoms. The maximum atomic E-state index is 13.3. The number of aromatic nitrogens is 1. The molecule has 3 aromatic rings. The quantitative estimate of drug-likeness (QED) is 0.688. The lowest BCUT2D eigenvalue weighted by Gasteiger charge is -2.10. The van der Waals surface area contributed by atoms with Crippen LogP contribution >= 0.6 is 0 Å². The molecule has 3 rings (SSSR count). The SMILES string of the molecule is CC(=O)n1cc(C(=O)NCc2ccc(F)c(C(F)(F)F)c2)c2ccccc21. The van der Waals surface area contributed by atoms with Gasteiger partial charge in [0.05, 0.1) is 16.6 Å². The second kappa shape index (κ2) is 6.86. The summed E-state index contributed by atoms with van der Waals surface area (Å²) in [6, 6.07) is 9.33. The third kappa shape index (κ3) is 3.69. The van der Waals surface area contributed by atoms with Crippen LogP contribution in [0.3, 0.4) is 0 Å². The second-order valence-corrected chi connectivity index (χ2v) is 5.94. The Labute approximate surface area is 151 Å². The largest absolute Gasteiger partial charge is 0.419 e. The minimum absolute atomic E-state index is 0.104. The van der Waals surface area contributed by atoms with E-state index in [0.717, 1.165) is 0 Å². The molecular weight excluding hydrogens is 364 g/mol. The van der Waals surface area contributed by atoms with Crippen LogP contribution in [0.1, 0.15) is 33.2 Å². The van der Waals surface area contributed by atoms with Crippen molar-refractivity contribution in [3.05, 3.63) is 71.2 Å². The number of fused-ring (bicyclic) bond motifs is 1. The topological polar surface area (TPSA) is 51.1 Å². The maximum Gasteiger partial charge on any atom is 0.419 e. The third-order valence-electron chi connectivity index (χ3n) is 4.09. The molecule has 1 aromatic heterocycles. The van der Waals surface area contributed by atoms with E-state index in [1.807, 2.05) is 0 Å². The second-order valence-electron chi connectivity index (χ2n) is 5.94. The van der Waals surface area contributed by atoms with Gasteiger partial charge >= 0.3 is 6.18 Å². The van der Waals surface area contributed by atoms with E-state index in [0.29, 0.717) is 23.0 Å². The number of rotatable bonds is 3. The van der Waals surface area contributed by atoms with Gasteiger partial charge < -0.3 is 5.32 Å². The number of halogens is 4. The first kappa shape index (κ1) is 18.6. The molecule has 0 unspecified atom stereocenters. The summed E-state index contributed by atoms with van der Waals surface area (Å²) in [6.45, 7) is 1.13. The summed E-state index contributed by atoms with van der Waals surface area (Å²) >= 11 is 0. The van der Waals surface area contributed by atoms with E-state index >= 15 is 0 Å². The first-order chi connectivity index (χ1) is 12.7. The average Bonchev–Trinajstić information content (AvgIpc) is 3.00. The highest BCUT2D eigenvalue weighted by Crippen LogP contribution is 2.32. The maximum absolute atomic E-state index is 13.3. The number of alkyl halides is 3. The van der Waals surface area contributed by atoms with Gasteiger partial charge in [-0.25, -0.2) is 4.39 Å². The molecule has 27 heavy (non-hydrogen) atoms. The van der Waals surface area contributed by atoms with Crippen LogP contribution in [-0.4, -0.2) is 16.4 Å². The minimum atomic E-state index is -4.82. The molecule has 1 N–H and O–H groups in total. The van der Waals surface area contributed by atoms with Crippen LogP contribution in [0.25, 0.3) is 10.9 Å². The molecule has 4 nitrogen and oxygen atoms in total. The lowest BCUT2D eigenvalue weighted by Crippen LogP contribution is -2.23. The number of carbonyl (C=O) groups is 2. The predicted molar refractivity (Wildman–Crippen MR) is 90.8 cm³/mol. The summed E-state index contributed by atoms with van der Waals surface area (Å²) in [4.78, 5) is 24.2. The Morgan fingerprint density at radius 3 is 2.48 bits per heavy atom. The van der Waals surface area contributed by atoms with Crippen LogP contribution in [0, 0.1) is 5.82 Å². The molecule has 0 saturated carbocycles. The van der Waals surface area contributed by atoms with Gasteiger partial charge in [0.15, 0.2) is 0 Å². The fourth-order valence-corrected chi connectivity index (χ4v) is 2.80. The van der Waals surface area contributed by atoms with Crippen molar-refractivity contribution in [3.8, 4) is 0 Å². The highest BCUT2D eigenvalue weighted by molar-refractivity contribution is 6.09. The van der Waals surface area contributed by atoms with Crippen molar-refractivity contribution in [2.75, 3.05) is 0 Å². The van der Waals surface area contributed by atoms with Crippen molar-refractivity contribution in [1.82, 2.24) is 9.88 Å². The Kier molecular flexibility index (Phi) is 4.73. The number of nitrogens with zero attached hydrogens (tertiary/aromatic N) is 1. The standard InChI is InChI=1S/C19H14F4N2O2/c1-11(26)25-10-14(13-4-2-3-5-17(13)25)18(27)24-9-12-6-7-16(20)15(8-12)19(21,22)23/h2-8,10H,9H2,1H3,(H,24,27). The lowest BCUT2D eigenvalue weighted by atomic mass is 10.1. The number of para-hydroxylation sites is 1. The van der Waals surface area contributed by atoms with E-state index in [4.69, 9.17) is 0 Å². The van der Waals surface area contributed by atoms with Crippen molar-refractivity contribution in [1.29, 1.82) is 0 Å². The Balaban J connectivity index is 1.85. The Hall–Kier alpha value is -3.16. The zero-order valence-electron chi connectivity index (χ0n) is 14.1. The normalized spacial score (nSPS) is 11.6. The van der Waals surface area contributed by atoms with Crippen LogP contribution < -0.4 is 5.32 Å². The molecule has 0 spiro atoms.